The lowest BCUT2D eigenvalue weighted by molar-refractivity contribution is 0.0606. The lowest BCUT2D eigenvalue weighted by atomic mass is 9.85. The summed E-state index contributed by atoms with van der Waals surface area (Å²) in [7, 11) is 1.34. The molecule has 1 fully saturated rings. The highest BCUT2D eigenvalue weighted by molar-refractivity contribution is 7.18. The number of hydrogen-bond donors (Lipinski definition) is 1. The van der Waals surface area contributed by atoms with Gasteiger partial charge in [0.05, 0.1) is 7.11 Å². The van der Waals surface area contributed by atoms with Crippen molar-refractivity contribution >= 4 is 34.0 Å². The van der Waals surface area contributed by atoms with Crippen LogP contribution < -0.4 is 5.32 Å². The van der Waals surface area contributed by atoms with Gasteiger partial charge in [-0.2, -0.15) is 0 Å². The molecule has 0 saturated heterocycles. The third kappa shape index (κ3) is 3.60. The molecule has 0 radical (unpaired) electrons. The number of rotatable bonds is 4. The Bertz CT molecular complexity index is 444. The molecule has 1 unspecified atom stereocenters. The average Bonchev–Trinajstić information content (AvgIpc) is 2.79. The molecule has 1 atom stereocenters. The summed E-state index contributed by atoms with van der Waals surface area (Å²) in [5, 5.41) is 4.28. The topological polar surface area (TPSA) is 51.2 Å². The van der Waals surface area contributed by atoms with E-state index in [1.165, 1.54) is 50.6 Å². The number of hydrogen-bond acceptors (Lipinski definition) is 5. The molecule has 1 heterocycles. The molecule has 0 aromatic carbocycles. The van der Waals surface area contributed by atoms with Crippen molar-refractivity contribution in [2.75, 3.05) is 12.4 Å². The Morgan fingerprint density at radius 2 is 2.16 bits per heavy atom. The SMILES string of the molecule is COC(=O)c1sc(NC(C)C2CCCCC2)nc1Cl. The molecule has 106 valence electrons. The Kier molecular flexibility index (Phi) is 5.05. The maximum absolute atomic E-state index is 11.5. The smallest absolute Gasteiger partial charge is 0.351 e. The number of carbonyl (C=O) groups is 1. The molecule has 0 spiro atoms. The Morgan fingerprint density at radius 3 is 2.79 bits per heavy atom. The Morgan fingerprint density at radius 1 is 1.47 bits per heavy atom. The van der Waals surface area contributed by atoms with Gasteiger partial charge in [0.25, 0.3) is 0 Å². The second-order valence-corrected chi connectivity index (χ2v) is 6.32. The Balaban J connectivity index is 2.00. The summed E-state index contributed by atoms with van der Waals surface area (Å²) in [5.41, 5.74) is 0. The van der Waals surface area contributed by atoms with E-state index in [1.54, 1.807) is 0 Å². The highest BCUT2D eigenvalue weighted by Gasteiger charge is 2.22. The van der Waals surface area contributed by atoms with E-state index in [2.05, 4.69) is 22.0 Å². The molecule has 0 aliphatic heterocycles. The van der Waals surface area contributed by atoms with Crippen LogP contribution in [0.25, 0.3) is 0 Å². The summed E-state index contributed by atoms with van der Waals surface area (Å²) in [6, 6.07) is 0.355. The second-order valence-electron chi connectivity index (χ2n) is 4.96. The monoisotopic (exact) mass is 302 g/mol. The molecule has 1 saturated carbocycles. The van der Waals surface area contributed by atoms with Crippen molar-refractivity contribution in [2.45, 2.75) is 45.1 Å². The number of thiazole rings is 1. The van der Waals surface area contributed by atoms with Crippen LogP contribution in [0.15, 0.2) is 0 Å². The molecule has 0 bridgehead atoms. The van der Waals surface area contributed by atoms with Crippen LogP contribution in [-0.2, 0) is 4.74 Å². The van der Waals surface area contributed by atoms with Crippen LogP contribution in [0.1, 0.15) is 48.7 Å². The quantitative estimate of drug-likeness (QED) is 0.855. The molecule has 1 aromatic heterocycles. The highest BCUT2D eigenvalue weighted by atomic mass is 35.5. The Hall–Kier alpha value is -0.810. The van der Waals surface area contributed by atoms with Crippen LogP contribution in [0.3, 0.4) is 0 Å². The van der Waals surface area contributed by atoms with E-state index in [0.29, 0.717) is 22.0 Å². The van der Waals surface area contributed by atoms with Crippen molar-refractivity contribution < 1.29 is 9.53 Å². The fourth-order valence-electron chi connectivity index (χ4n) is 2.53. The van der Waals surface area contributed by atoms with Crippen LogP contribution in [0.4, 0.5) is 5.13 Å². The maximum atomic E-state index is 11.5. The molecule has 1 aliphatic carbocycles. The van der Waals surface area contributed by atoms with Gasteiger partial charge in [-0.25, -0.2) is 9.78 Å². The third-order valence-electron chi connectivity index (χ3n) is 3.66. The summed E-state index contributed by atoms with van der Waals surface area (Å²) >= 11 is 7.20. The lowest BCUT2D eigenvalue weighted by Gasteiger charge is -2.28. The molecule has 1 aromatic rings. The van der Waals surface area contributed by atoms with Gasteiger partial charge >= 0.3 is 5.97 Å². The predicted molar refractivity (Wildman–Crippen MR) is 78.1 cm³/mol. The average molecular weight is 303 g/mol. The number of esters is 1. The highest BCUT2D eigenvalue weighted by Crippen LogP contribution is 2.31. The van der Waals surface area contributed by atoms with E-state index < -0.39 is 5.97 Å². The van der Waals surface area contributed by atoms with Gasteiger partial charge in [0.1, 0.15) is 0 Å². The maximum Gasteiger partial charge on any atom is 0.351 e. The lowest BCUT2D eigenvalue weighted by Crippen LogP contribution is -2.27. The molecule has 2 rings (SSSR count). The molecular weight excluding hydrogens is 284 g/mol. The van der Waals surface area contributed by atoms with Gasteiger partial charge in [-0.15, -0.1) is 0 Å². The van der Waals surface area contributed by atoms with E-state index in [4.69, 9.17) is 11.6 Å². The van der Waals surface area contributed by atoms with E-state index in [-0.39, 0.29) is 5.15 Å². The van der Waals surface area contributed by atoms with Gasteiger partial charge in [-0.05, 0) is 25.7 Å². The third-order valence-corrected chi connectivity index (χ3v) is 5.02. The predicted octanol–water partition coefficient (Wildman–Crippen LogP) is 3.96. The van der Waals surface area contributed by atoms with Crippen LogP contribution in [0, 0.1) is 5.92 Å². The van der Waals surface area contributed by atoms with Gasteiger partial charge in [0, 0.05) is 6.04 Å². The van der Waals surface area contributed by atoms with Crippen molar-refractivity contribution in [3.05, 3.63) is 10.0 Å². The molecule has 1 aliphatic rings. The first kappa shape index (κ1) is 14.6. The van der Waals surface area contributed by atoms with Crippen LogP contribution in [0.2, 0.25) is 5.15 Å². The zero-order valence-corrected chi connectivity index (χ0v) is 12.8. The van der Waals surface area contributed by atoms with Crippen molar-refractivity contribution in [3.8, 4) is 0 Å². The van der Waals surface area contributed by atoms with Crippen LogP contribution >= 0.6 is 22.9 Å². The number of carbonyl (C=O) groups excluding carboxylic acids is 1. The van der Waals surface area contributed by atoms with E-state index in [9.17, 15) is 4.79 Å². The van der Waals surface area contributed by atoms with E-state index >= 15 is 0 Å². The van der Waals surface area contributed by atoms with Crippen molar-refractivity contribution in [3.63, 3.8) is 0 Å². The number of nitrogens with one attached hydrogen (secondary N) is 1. The van der Waals surface area contributed by atoms with Gasteiger partial charge in [-0.1, -0.05) is 42.2 Å². The van der Waals surface area contributed by atoms with Gasteiger partial charge in [0.2, 0.25) is 0 Å². The van der Waals surface area contributed by atoms with Gasteiger partial charge < -0.3 is 10.1 Å². The van der Waals surface area contributed by atoms with E-state index in [1.807, 2.05) is 0 Å². The van der Waals surface area contributed by atoms with E-state index in [0.717, 1.165) is 0 Å². The summed E-state index contributed by atoms with van der Waals surface area (Å²) < 4.78 is 4.67. The molecule has 1 N–H and O–H groups in total. The van der Waals surface area contributed by atoms with Crippen molar-refractivity contribution in [2.24, 2.45) is 5.92 Å². The fourth-order valence-corrected chi connectivity index (χ4v) is 3.73. The standard InChI is InChI=1S/C13H19ClN2O2S/c1-8(9-6-4-3-5-7-9)15-13-16-11(14)10(19-13)12(17)18-2/h8-9H,3-7H2,1-2H3,(H,15,16). The Labute approximate surface area is 122 Å². The fraction of sp³-hybridized carbons (Fsp3) is 0.692. The van der Waals surface area contributed by atoms with Crippen LogP contribution in [0.5, 0.6) is 0 Å². The zero-order chi connectivity index (χ0) is 13.8. The molecule has 0 amide bonds. The van der Waals surface area contributed by atoms with Crippen molar-refractivity contribution in [1.82, 2.24) is 4.98 Å². The number of nitrogens with zero attached hydrogens (tertiary/aromatic N) is 1. The number of anilines is 1. The van der Waals surface area contributed by atoms with Gasteiger partial charge in [-0.3, -0.25) is 0 Å². The number of halogens is 1. The second kappa shape index (κ2) is 6.57. The minimum absolute atomic E-state index is 0.218. The minimum Gasteiger partial charge on any atom is -0.465 e. The minimum atomic E-state index is -0.430. The molecule has 6 heteroatoms. The first-order valence-electron chi connectivity index (χ1n) is 6.63. The van der Waals surface area contributed by atoms with Gasteiger partial charge in [0.15, 0.2) is 15.2 Å². The summed E-state index contributed by atoms with van der Waals surface area (Å²) in [6.45, 7) is 2.17. The molecular formula is C13H19ClN2O2S. The number of methoxy groups -OCH3 is 1. The van der Waals surface area contributed by atoms with Crippen molar-refractivity contribution in [1.29, 1.82) is 0 Å². The normalized spacial score (nSPS) is 18.1. The first-order chi connectivity index (χ1) is 9.11. The first-order valence-corrected chi connectivity index (χ1v) is 7.82. The molecule has 4 nitrogen and oxygen atoms in total. The largest absolute Gasteiger partial charge is 0.465 e. The molecule has 19 heavy (non-hydrogen) atoms. The van der Waals surface area contributed by atoms with Crippen LogP contribution in [-0.4, -0.2) is 24.1 Å². The summed E-state index contributed by atoms with van der Waals surface area (Å²) in [4.78, 5) is 16.0. The number of ether oxygens (including phenoxy) is 1. The summed E-state index contributed by atoms with van der Waals surface area (Å²) in [5.74, 6) is 0.249. The zero-order valence-electron chi connectivity index (χ0n) is 11.2. The summed E-state index contributed by atoms with van der Waals surface area (Å²) in [6.07, 6.45) is 6.48. The number of aromatic nitrogens is 1.